The molecule has 2 aromatic rings. The zero-order chi connectivity index (χ0) is 15.8. The summed E-state index contributed by atoms with van der Waals surface area (Å²) >= 11 is 1.62. The van der Waals surface area contributed by atoms with E-state index in [0.717, 1.165) is 42.0 Å². The normalized spacial score (nSPS) is 21.6. The molecule has 1 aliphatic heterocycles. The molecule has 1 saturated heterocycles. The second kappa shape index (κ2) is 6.07. The summed E-state index contributed by atoms with van der Waals surface area (Å²) in [5, 5.41) is 3.11. The number of anilines is 1. The molecular formula is C17H22N4OS. The number of rotatable bonds is 4. The first-order valence-corrected chi connectivity index (χ1v) is 9.32. The Morgan fingerprint density at radius 1 is 1.35 bits per heavy atom. The first-order valence-electron chi connectivity index (χ1n) is 8.44. The number of aromatic nitrogens is 2. The van der Waals surface area contributed by atoms with Gasteiger partial charge in [0, 0.05) is 20.1 Å². The number of amides is 1. The Bertz CT molecular complexity index is 711. The number of likely N-dealkylation sites (N-methyl/N-ethyl adjacent to an activating group) is 1. The fourth-order valence-electron chi connectivity index (χ4n) is 3.69. The smallest absolute Gasteiger partial charge is 0.245 e. The van der Waals surface area contributed by atoms with Crippen LogP contribution in [0.2, 0.25) is 0 Å². The van der Waals surface area contributed by atoms with Crippen LogP contribution in [0.1, 0.15) is 32.1 Å². The molecule has 2 fully saturated rings. The van der Waals surface area contributed by atoms with Crippen LogP contribution < -0.4 is 4.90 Å². The highest BCUT2D eigenvalue weighted by Crippen LogP contribution is 2.33. The minimum Gasteiger partial charge on any atom is -0.344 e. The molecule has 4 rings (SSSR count). The molecule has 1 atom stereocenters. The van der Waals surface area contributed by atoms with Gasteiger partial charge in [-0.3, -0.25) is 4.79 Å². The fraction of sp³-hybridized carbons (Fsp3) is 0.588. The van der Waals surface area contributed by atoms with Gasteiger partial charge in [0.05, 0.1) is 5.39 Å². The summed E-state index contributed by atoms with van der Waals surface area (Å²) in [5.41, 5.74) is 0. The van der Waals surface area contributed by atoms with Gasteiger partial charge in [0.25, 0.3) is 0 Å². The maximum absolute atomic E-state index is 12.9. The standard InChI is InChI=1S/C17H22N4OS/c1-20(10-12-4-2-5-12)17(22)14-6-3-8-21(14)15-13-7-9-23-16(13)19-11-18-15/h7,9,11-12,14H,2-6,8,10H2,1H3/t14-/m1/s1. The zero-order valence-corrected chi connectivity index (χ0v) is 14.3. The van der Waals surface area contributed by atoms with Crippen LogP contribution in [0.4, 0.5) is 5.82 Å². The van der Waals surface area contributed by atoms with Crippen molar-refractivity contribution in [1.82, 2.24) is 14.9 Å². The van der Waals surface area contributed by atoms with Crippen LogP contribution >= 0.6 is 11.3 Å². The monoisotopic (exact) mass is 330 g/mol. The van der Waals surface area contributed by atoms with Crippen LogP contribution in [0.25, 0.3) is 10.2 Å². The van der Waals surface area contributed by atoms with Crippen LogP contribution in [-0.4, -0.2) is 47.0 Å². The second-order valence-corrected chi connectivity index (χ2v) is 7.60. The lowest BCUT2D eigenvalue weighted by Crippen LogP contribution is -2.46. The maximum Gasteiger partial charge on any atom is 0.245 e. The van der Waals surface area contributed by atoms with E-state index in [1.54, 1.807) is 17.7 Å². The Labute approximate surface area is 140 Å². The van der Waals surface area contributed by atoms with E-state index in [-0.39, 0.29) is 11.9 Å². The van der Waals surface area contributed by atoms with Crippen LogP contribution in [-0.2, 0) is 4.79 Å². The average molecular weight is 330 g/mol. The quantitative estimate of drug-likeness (QED) is 0.865. The lowest BCUT2D eigenvalue weighted by molar-refractivity contribution is -0.132. The first kappa shape index (κ1) is 14.9. The maximum atomic E-state index is 12.9. The van der Waals surface area contributed by atoms with Crippen molar-refractivity contribution in [3.63, 3.8) is 0 Å². The molecule has 0 N–H and O–H groups in total. The highest BCUT2D eigenvalue weighted by Gasteiger charge is 2.35. The van der Waals surface area contributed by atoms with E-state index >= 15 is 0 Å². The van der Waals surface area contributed by atoms with Gasteiger partial charge in [0.2, 0.25) is 5.91 Å². The van der Waals surface area contributed by atoms with Crippen molar-refractivity contribution in [3.05, 3.63) is 17.8 Å². The summed E-state index contributed by atoms with van der Waals surface area (Å²) < 4.78 is 0. The van der Waals surface area contributed by atoms with E-state index in [2.05, 4.69) is 20.9 Å². The lowest BCUT2D eigenvalue weighted by Gasteiger charge is -2.33. The first-order chi connectivity index (χ1) is 11.2. The molecule has 0 radical (unpaired) electrons. The van der Waals surface area contributed by atoms with E-state index < -0.39 is 0 Å². The predicted octanol–water partition coefficient (Wildman–Crippen LogP) is 2.92. The predicted molar refractivity (Wildman–Crippen MR) is 92.8 cm³/mol. The van der Waals surface area contributed by atoms with E-state index in [1.807, 2.05) is 17.3 Å². The van der Waals surface area contributed by atoms with Gasteiger partial charge in [0.1, 0.15) is 23.0 Å². The van der Waals surface area contributed by atoms with Crippen LogP contribution in [0, 0.1) is 5.92 Å². The van der Waals surface area contributed by atoms with Crippen molar-refractivity contribution in [2.45, 2.75) is 38.1 Å². The Morgan fingerprint density at radius 3 is 3.00 bits per heavy atom. The van der Waals surface area contributed by atoms with Crippen LogP contribution in [0.3, 0.4) is 0 Å². The molecule has 122 valence electrons. The molecular weight excluding hydrogens is 308 g/mol. The molecule has 0 bridgehead atoms. The summed E-state index contributed by atoms with van der Waals surface area (Å²) in [6.45, 7) is 1.80. The topological polar surface area (TPSA) is 49.3 Å². The Morgan fingerprint density at radius 2 is 2.22 bits per heavy atom. The molecule has 1 aliphatic carbocycles. The van der Waals surface area contributed by atoms with Gasteiger partial charge in [-0.1, -0.05) is 6.42 Å². The third kappa shape index (κ3) is 2.69. The zero-order valence-electron chi connectivity index (χ0n) is 13.4. The summed E-state index contributed by atoms with van der Waals surface area (Å²) in [6.07, 6.45) is 7.44. The van der Waals surface area contributed by atoms with Gasteiger partial charge in [0.15, 0.2) is 0 Å². The second-order valence-electron chi connectivity index (χ2n) is 6.70. The van der Waals surface area contributed by atoms with E-state index in [1.165, 1.54) is 19.3 Å². The number of carbonyl (C=O) groups excluding carboxylic acids is 1. The molecule has 2 aromatic heterocycles. The van der Waals surface area contributed by atoms with Crippen molar-refractivity contribution < 1.29 is 4.79 Å². The van der Waals surface area contributed by atoms with E-state index in [0.29, 0.717) is 5.92 Å². The lowest BCUT2D eigenvalue weighted by atomic mass is 9.85. The largest absolute Gasteiger partial charge is 0.344 e. The molecule has 1 amide bonds. The third-order valence-corrected chi connectivity index (χ3v) is 6.00. The average Bonchev–Trinajstić information content (AvgIpc) is 3.17. The highest BCUT2D eigenvalue weighted by atomic mass is 32.1. The van der Waals surface area contributed by atoms with Crippen molar-refractivity contribution >= 4 is 33.3 Å². The summed E-state index contributed by atoms with van der Waals surface area (Å²) in [4.78, 5) is 26.9. The van der Waals surface area contributed by atoms with Crippen LogP contribution in [0.5, 0.6) is 0 Å². The van der Waals surface area contributed by atoms with Gasteiger partial charge >= 0.3 is 0 Å². The molecule has 0 unspecified atom stereocenters. The molecule has 5 nitrogen and oxygen atoms in total. The van der Waals surface area contributed by atoms with Crippen molar-refractivity contribution in [2.75, 3.05) is 25.0 Å². The number of hydrogen-bond acceptors (Lipinski definition) is 5. The molecule has 6 heteroatoms. The Hall–Kier alpha value is -1.69. The number of nitrogens with zero attached hydrogens (tertiary/aromatic N) is 4. The number of carbonyl (C=O) groups is 1. The Kier molecular flexibility index (Phi) is 3.93. The number of hydrogen-bond donors (Lipinski definition) is 0. The van der Waals surface area contributed by atoms with Crippen molar-refractivity contribution in [1.29, 1.82) is 0 Å². The van der Waals surface area contributed by atoms with E-state index in [9.17, 15) is 4.79 Å². The minimum atomic E-state index is -0.0712. The number of fused-ring (bicyclic) bond motifs is 1. The van der Waals surface area contributed by atoms with Gasteiger partial charge in [-0.2, -0.15) is 0 Å². The van der Waals surface area contributed by atoms with Gasteiger partial charge in [-0.15, -0.1) is 11.3 Å². The SMILES string of the molecule is CN(CC1CCC1)C(=O)[C@H]1CCCN1c1ncnc2sccc12. The Balaban J connectivity index is 1.56. The molecule has 3 heterocycles. The third-order valence-electron chi connectivity index (χ3n) is 5.18. The van der Waals surface area contributed by atoms with E-state index in [4.69, 9.17) is 0 Å². The summed E-state index contributed by atoms with van der Waals surface area (Å²) in [5.74, 6) is 1.88. The highest BCUT2D eigenvalue weighted by molar-refractivity contribution is 7.16. The van der Waals surface area contributed by atoms with Gasteiger partial charge in [-0.25, -0.2) is 9.97 Å². The summed E-state index contributed by atoms with van der Waals surface area (Å²) in [7, 11) is 1.96. The molecule has 23 heavy (non-hydrogen) atoms. The number of thiophene rings is 1. The fourth-order valence-corrected chi connectivity index (χ4v) is 4.42. The van der Waals surface area contributed by atoms with Gasteiger partial charge < -0.3 is 9.80 Å². The molecule has 2 aliphatic rings. The summed E-state index contributed by atoms with van der Waals surface area (Å²) in [6, 6.07) is 1.99. The minimum absolute atomic E-state index is 0.0712. The van der Waals surface area contributed by atoms with Gasteiger partial charge in [-0.05, 0) is 43.0 Å². The van der Waals surface area contributed by atoms with Crippen molar-refractivity contribution in [3.8, 4) is 0 Å². The molecule has 0 aromatic carbocycles. The van der Waals surface area contributed by atoms with Crippen molar-refractivity contribution in [2.24, 2.45) is 5.92 Å². The molecule has 0 spiro atoms. The van der Waals surface area contributed by atoms with Crippen LogP contribution in [0.15, 0.2) is 17.8 Å². The molecule has 1 saturated carbocycles.